The van der Waals surface area contributed by atoms with Crippen molar-refractivity contribution in [3.8, 4) is 0 Å². The number of rotatable bonds is 2. The van der Waals surface area contributed by atoms with Crippen molar-refractivity contribution in [1.82, 2.24) is 14.8 Å². The van der Waals surface area contributed by atoms with Crippen molar-refractivity contribution < 1.29 is 0 Å². The van der Waals surface area contributed by atoms with Gasteiger partial charge in [0.15, 0.2) is 0 Å². The molecule has 2 atom stereocenters. The fourth-order valence-corrected chi connectivity index (χ4v) is 3.08. The quantitative estimate of drug-likeness (QED) is 0.795. The lowest BCUT2D eigenvalue weighted by Gasteiger charge is -2.25. The Morgan fingerprint density at radius 1 is 1.18 bits per heavy atom. The maximum atomic E-state index is 5.92. The molecule has 17 heavy (non-hydrogen) atoms. The third kappa shape index (κ3) is 2.14. The zero-order chi connectivity index (χ0) is 11.7. The predicted molar refractivity (Wildman–Crippen MR) is 66.6 cm³/mol. The minimum absolute atomic E-state index is 0.191. The van der Waals surface area contributed by atoms with Gasteiger partial charge in [-0.25, -0.2) is 0 Å². The van der Waals surface area contributed by atoms with E-state index in [1.807, 2.05) is 6.33 Å². The fraction of sp³-hybridized carbons (Fsp3) is 0.692. The Labute approximate surface area is 102 Å². The Bertz CT molecular complexity index is 403. The molecule has 1 aromatic heterocycles. The van der Waals surface area contributed by atoms with Crippen LogP contribution in [0.4, 0.5) is 0 Å². The molecule has 0 bridgehead atoms. The smallest absolute Gasteiger partial charge is 0.140 e. The highest BCUT2D eigenvalue weighted by atomic mass is 15.3. The molecule has 1 heterocycles. The number of allylic oxidation sites excluding steroid dienone is 1. The van der Waals surface area contributed by atoms with Gasteiger partial charge in [0, 0.05) is 18.0 Å². The van der Waals surface area contributed by atoms with Gasteiger partial charge in [-0.2, -0.15) is 0 Å². The highest BCUT2D eigenvalue weighted by Gasteiger charge is 2.25. The molecular weight excluding hydrogens is 212 g/mol. The number of hydrogen-bond acceptors (Lipinski definition) is 3. The second-order valence-electron chi connectivity index (χ2n) is 5.28. The van der Waals surface area contributed by atoms with Crippen molar-refractivity contribution in [2.45, 2.75) is 56.5 Å². The van der Waals surface area contributed by atoms with Gasteiger partial charge in [-0.3, -0.25) is 0 Å². The van der Waals surface area contributed by atoms with Gasteiger partial charge in [0.2, 0.25) is 0 Å². The van der Waals surface area contributed by atoms with Crippen LogP contribution >= 0.6 is 0 Å². The molecule has 4 nitrogen and oxygen atoms in total. The molecule has 0 aliphatic heterocycles. The van der Waals surface area contributed by atoms with E-state index in [0.717, 1.165) is 12.2 Å². The normalized spacial score (nSPS) is 29.9. The summed E-state index contributed by atoms with van der Waals surface area (Å²) in [6, 6.07) is 0.801. The summed E-state index contributed by atoms with van der Waals surface area (Å²) in [7, 11) is 0. The molecule has 92 valence electrons. The molecule has 0 aromatic carbocycles. The van der Waals surface area contributed by atoms with E-state index in [1.165, 1.54) is 32.1 Å². The molecule has 2 N–H and O–H groups in total. The van der Waals surface area contributed by atoms with Crippen LogP contribution in [0.15, 0.2) is 18.5 Å². The van der Waals surface area contributed by atoms with Crippen LogP contribution in [-0.2, 0) is 0 Å². The Balaban J connectivity index is 1.81. The maximum absolute atomic E-state index is 5.92. The first kappa shape index (κ1) is 11.0. The van der Waals surface area contributed by atoms with Gasteiger partial charge in [0.05, 0.1) is 0 Å². The van der Waals surface area contributed by atoms with E-state index >= 15 is 0 Å². The van der Waals surface area contributed by atoms with Crippen LogP contribution in [0.2, 0.25) is 0 Å². The van der Waals surface area contributed by atoms with E-state index in [9.17, 15) is 0 Å². The van der Waals surface area contributed by atoms with Crippen LogP contribution in [0.5, 0.6) is 0 Å². The van der Waals surface area contributed by atoms with Gasteiger partial charge in [0.1, 0.15) is 12.2 Å². The summed E-state index contributed by atoms with van der Waals surface area (Å²) < 4.78 is 2.30. The Morgan fingerprint density at radius 3 is 2.71 bits per heavy atom. The van der Waals surface area contributed by atoms with E-state index in [-0.39, 0.29) is 6.04 Å². The molecule has 1 saturated carbocycles. The van der Waals surface area contributed by atoms with Crippen molar-refractivity contribution in [1.29, 1.82) is 0 Å². The summed E-state index contributed by atoms with van der Waals surface area (Å²) in [5, 5.41) is 8.42. The van der Waals surface area contributed by atoms with Crippen LogP contribution in [0.25, 0.3) is 0 Å². The molecule has 2 aliphatic rings. The molecule has 2 unspecified atom stereocenters. The summed E-state index contributed by atoms with van der Waals surface area (Å²) in [6.45, 7) is 0. The second-order valence-corrected chi connectivity index (χ2v) is 5.28. The number of nitrogens with two attached hydrogens (primary N) is 1. The maximum Gasteiger partial charge on any atom is 0.140 e. The summed E-state index contributed by atoms with van der Waals surface area (Å²) in [5.41, 5.74) is 5.92. The molecule has 1 aromatic rings. The van der Waals surface area contributed by atoms with Crippen LogP contribution in [-0.4, -0.2) is 20.8 Å². The van der Waals surface area contributed by atoms with Crippen LogP contribution in [0.1, 0.15) is 56.3 Å². The van der Waals surface area contributed by atoms with Crippen molar-refractivity contribution in [2.24, 2.45) is 5.73 Å². The van der Waals surface area contributed by atoms with Gasteiger partial charge in [0.25, 0.3) is 0 Å². The Kier molecular flexibility index (Phi) is 2.97. The molecule has 0 saturated heterocycles. The topological polar surface area (TPSA) is 56.7 Å². The van der Waals surface area contributed by atoms with E-state index in [4.69, 9.17) is 5.73 Å². The molecule has 1 fully saturated rings. The van der Waals surface area contributed by atoms with Gasteiger partial charge in [-0.1, -0.05) is 31.4 Å². The van der Waals surface area contributed by atoms with E-state index < -0.39 is 0 Å². The van der Waals surface area contributed by atoms with Crippen LogP contribution in [0, 0.1) is 0 Å². The lowest BCUT2D eigenvalue weighted by molar-refractivity contribution is 0.342. The molecule has 4 heteroatoms. The van der Waals surface area contributed by atoms with Crippen molar-refractivity contribution in [3.63, 3.8) is 0 Å². The number of hydrogen-bond donors (Lipinski definition) is 1. The SMILES string of the molecule is NC1C=CC(c2nncn2C2CCCCC2)C1. The lowest BCUT2D eigenvalue weighted by Crippen LogP contribution is -2.19. The zero-order valence-corrected chi connectivity index (χ0v) is 10.1. The molecule has 0 spiro atoms. The van der Waals surface area contributed by atoms with Gasteiger partial charge < -0.3 is 10.3 Å². The molecule has 0 radical (unpaired) electrons. The Morgan fingerprint density at radius 2 is 2.00 bits per heavy atom. The summed E-state index contributed by atoms with van der Waals surface area (Å²) in [5.74, 6) is 1.48. The monoisotopic (exact) mass is 232 g/mol. The minimum Gasteiger partial charge on any atom is -0.324 e. The Hall–Kier alpha value is -1.16. The van der Waals surface area contributed by atoms with Crippen LogP contribution < -0.4 is 5.73 Å². The second kappa shape index (κ2) is 4.61. The van der Waals surface area contributed by atoms with E-state index in [0.29, 0.717) is 12.0 Å². The third-order valence-corrected chi connectivity index (χ3v) is 4.02. The first-order valence-electron chi connectivity index (χ1n) is 6.68. The van der Waals surface area contributed by atoms with E-state index in [2.05, 4.69) is 26.9 Å². The van der Waals surface area contributed by atoms with Gasteiger partial charge in [-0.05, 0) is 19.3 Å². The predicted octanol–water partition coefficient (Wildman–Crippen LogP) is 2.15. The summed E-state index contributed by atoms with van der Waals surface area (Å²) in [4.78, 5) is 0. The highest BCUT2D eigenvalue weighted by Crippen LogP contribution is 2.33. The van der Waals surface area contributed by atoms with Crippen LogP contribution in [0.3, 0.4) is 0 Å². The molecular formula is C13H20N4. The van der Waals surface area contributed by atoms with Crippen molar-refractivity contribution in [3.05, 3.63) is 24.3 Å². The molecule has 3 rings (SSSR count). The van der Waals surface area contributed by atoms with Crippen molar-refractivity contribution >= 4 is 0 Å². The first-order chi connectivity index (χ1) is 8.34. The first-order valence-corrected chi connectivity index (χ1v) is 6.68. The minimum atomic E-state index is 0.191. The fourth-order valence-electron chi connectivity index (χ4n) is 3.08. The van der Waals surface area contributed by atoms with Crippen molar-refractivity contribution in [2.75, 3.05) is 0 Å². The molecule has 2 aliphatic carbocycles. The standard InChI is InChI=1S/C13H20N4/c14-11-7-6-10(8-11)13-16-15-9-17(13)12-4-2-1-3-5-12/h6-7,9-12H,1-5,8,14H2. The zero-order valence-electron chi connectivity index (χ0n) is 10.1. The van der Waals surface area contributed by atoms with Gasteiger partial charge in [-0.15, -0.1) is 10.2 Å². The number of nitrogens with zero attached hydrogens (tertiary/aromatic N) is 3. The summed E-state index contributed by atoms with van der Waals surface area (Å²) in [6.07, 6.45) is 13.8. The lowest BCUT2D eigenvalue weighted by atomic mass is 9.94. The highest BCUT2D eigenvalue weighted by molar-refractivity contribution is 5.17. The van der Waals surface area contributed by atoms with E-state index in [1.54, 1.807) is 0 Å². The van der Waals surface area contributed by atoms with Gasteiger partial charge >= 0.3 is 0 Å². The summed E-state index contributed by atoms with van der Waals surface area (Å²) >= 11 is 0. The number of aromatic nitrogens is 3. The largest absolute Gasteiger partial charge is 0.324 e. The average molecular weight is 232 g/mol. The third-order valence-electron chi connectivity index (χ3n) is 4.02. The molecule has 0 amide bonds. The average Bonchev–Trinajstić information content (AvgIpc) is 2.98.